The van der Waals surface area contributed by atoms with Gasteiger partial charge in [0, 0.05) is 13.5 Å². The number of aliphatic hydroxyl groups is 1. The number of nitrogens with one attached hydrogen (secondary N) is 1. The first kappa shape index (κ1) is 17.5. The van der Waals surface area contributed by atoms with Crippen molar-refractivity contribution in [3.63, 3.8) is 0 Å². The first-order valence-corrected chi connectivity index (χ1v) is 6.95. The molecule has 0 heterocycles. The molecule has 7 heteroatoms. The van der Waals surface area contributed by atoms with Crippen molar-refractivity contribution >= 4 is 13.6 Å². The molecule has 0 amide bonds. The van der Waals surface area contributed by atoms with Crippen LogP contribution < -0.4 is 9.96 Å². The minimum Gasteiger partial charge on any atom is -0.494 e. The smallest absolute Gasteiger partial charge is 0.360 e. The normalized spacial score (nSPS) is 11.9. The van der Waals surface area contributed by atoms with Crippen molar-refractivity contribution in [2.75, 3.05) is 20.3 Å². The van der Waals surface area contributed by atoms with Gasteiger partial charge in [0.25, 0.3) is 0 Å². The summed E-state index contributed by atoms with van der Waals surface area (Å²) in [5, 5.41) is 21.7. The van der Waals surface area contributed by atoms with Gasteiger partial charge in [-0.3, -0.25) is 4.79 Å². The zero-order valence-electron chi connectivity index (χ0n) is 12.2. The van der Waals surface area contributed by atoms with E-state index in [1.165, 1.54) is 0 Å². The van der Waals surface area contributed by atoms with Gasteiger partial charge in [0.05, 0.1) is 12.7 Å². The fourth-order valence-corrected chi connectivity index (χ4v) is 1.80. The number of aliphatic hydroxyl groups excluding tert-OH is 1. The van der Waals surface area contributed by atoms with Gasteiger partial charge in [-0.2, -0.15) is 0 Å². The zero-order valence-corrected chi connectivity index (χ0v) is 12.2. The maximum atomic E-state index is 10.4. The number of carboxylic acid groups (broad SMARTS) is 1. The van der Waals surface area contributed by atoms with E-state index >= 15 is 0 Å². The number of rotatable bonds is 11. The van der Waals surface area contributed by atoms with Crippen LogP contribution in [0.3, 0.4) is 0 Å². The Morgan fingerprint density at radius 1 is 1.48 bits per heavy atom. The standard InChI is InChI=1S/C14H22BNO5/c1-20-15-16-8-7-13(17)11-4-2-5-12(10-11)21-9-3-6-14(18)19/h2,4-5,10,13,15-17H,3,6-9H2,1H3,(H,18,19). The largest absolute Gasteiger partial charge is 0.494 e. The van der Waals surface area contributed by atoms with Crippen LogP contribution in [0.15, 0.2) is 24.3 Å². The maximum Gasteiger partial charge on any atom is 0.360 e. The van der Waals surface area contributed by atoms with Gasteiger partial charge < -0.3 is 24.8 Å². The fraction of sp³-hybridized carbons (Fsp3) is 0.500. The molecule has 0 fully saturated rings. The lowest BCUT2D eigenvalue weighted by Crippen LogP contribution is -2.23. The molecule has 0 saturated carbocycles. The van der Waals surface area contributed by atoms with Gasteiger partial charge >= 0.3 is 13.6 Å². The predicted octanol–water partition coefficient (Wildman–Crippen LogP) is 0.856. The average molecular weight is 295 g/mol. The summed E-state index contributed by atoms with van der Waals surface area (Å²) < 4.78 is 10.3. The molecule has 0 aromatic heterocycles. The number of ether oxygens (including phenoxy) is 1. The monoisotopic (exact) mass is 295 g/mol. The third-order valence-corrected chi connectivity index (χ3v) is 2.89. The molecule has 1 rings (SSSR count). The van der Waals surface area contributed by atoms with E-state index in [2.05, 4.69) is 5.23 Å². The molecule has 3 N–H and O–H groups in total. The van der Waals surface area contributed by atoms with Crippen molar-refractivity contribution in [3.8, 4) is 5.75 Å². The van der Waals surface area contributed by atoms with Gasteiger partial charge in [0.2, 0.25) is 0 Å². The van der Waals surface area contributed by atoms with Gasteiger partial charge in [-0.15, -0.1) is 0 Å². The molecule has 6 nitrogen and oxygen atoms in total. The molecule has 21 heavy (non-hydrogen) atoms. The van der Waals surface area contributed by atoms with Crippen molar-refractivity contribution < 1.29 is 24.4 Å². The third-order valence-electron chi connectivity index (χ3n) is 2.89. The fourth-order valence-electron chi connectivity index (χ4n) is 1.80. The Hall–Kier alpha value is -1.57. The second-order valence-electron chi connectivity index (χ2n) is 4.66. The molecular formula is C14H22BNO5. The van der Waals surface area contributed by atoms with E-state index in [0.29, 0.717) is 39.4 Å². The molecule has 0 saturated heterocycles. The Morgan fingerprint density at radius 2 is 2.29 bits per heavy atom. The predicted molar refractivity (Wildman–Crippen MR) is 80.5 cm³/mol. The molecule has 1 aromatic rings. The summed E-state index contributed by atoms with van der Waals surface area (Å²) in [6, 6.07) is 7.22. The zero-order chi connectivity index (χ0) is 15.5. The Labute approximate surface area is 125 Å². The molecule has 0 aliphatic carbocycles. The van der Waals surface area contributed by atoms with E-state index in [4.69, 9.17) is 14.5 Å². The van der Waals surface area contributed by atoms with Gasteiger partial charge in [0.1, 0.15) is 5.75 Å². The topological polar surface area (TPSA) is 88.0 Å². The molecule has 0 radical (unpaired) electrons. The summed E-state index contributed by atoms with van der Waals surface area (Å²) in [5.41, 5.74) is 0.782. The highest BCUT2D eigenvalue weighted by Crippen LogP contribution is 2.21. The van der Waals surface area contributed by atoms with Gasteiger partial charge in [-0.25, -0.2) is 0 Å². The lowest BCUT2D eigenvalue weighted by atomic mass is 10.1. The SMILES string of the molecule is COBNCCC(O)c1cccc(OCCCC(=O)O)c1. The van der Waals surface area contributed by atoms with Crippen molar-refractivity contribution in [1.29, 1.82) is 0 Å². The number of hydrogen-bond donors (Lipinski definition) is 3. The van der Waals surface area contributed by atoms with E-state index in [1.54, 1.807) is 19.2 Å². The second-order valence-corrected chi connectivity index (χ2v) is 4.66. The second kappa shape index (κ2) is 10.2. The van der Waals surface area contributed by atoms with Crippen molar-refractivity contribution in [2.24, 2.45) is 0 Å². The number of carboxylic acids is 1. The Morgan fingerprint density at radius 3 is 3.00 bits per heavy atom. The van der Waals surface area contributed by atoms with E-state index in [-0.39, 0.29) is 6.42 Å². The van der Waals surface area contributed by atoms with Crippen LogP contribution in [0, 0.1) is 0 Å². The molecule has 0 aliphatic heterocycles. The third kappa shape index (κ3) is 7.70. The van der Waals surface area contributed by atoms with Crippen LogP contribution in [0.25, 0.3) is 0 Å². The lowest BCUT2D eigenvalue weighted by molar-refractivity contribution is -0.137. The van der Waals surface area contributed by atoms with Crippen LogP contribution in [0.5, 0.6) is 5.75 Å². The first-order valence-electron chi connectivity index (χ1n) is 6.95. The highest BCUT2D eigenvalue weighted by molar-refractivity contribution is 6.23. The number of carbonyl (C=O) groups is 1. The average Bonchev–Trinajstić information content (AvgIpc) is 2.48. The maximum absolute atomic E-state index is 10.4. The van der Waals surface area contributed by atoms with E-state index < -0.39 is 12.1 Å². The van der Waals surface area contributed by atoms with Crippen LogP contribution in [-0.4, -0.2) is 44.1 Å². The minimum absolute atomic E-state index is 0.0908. The first-order chi connectivity index (χ1) is 10.1. The number of aliphatic carboxylic acids is 1. The number of hydrogen-bond acceptors (Lipinski definition) is 5. The van der Waals surface area contributed by atoms with Gasteiger partial charge in [0.15, 0.2) is 0 Å². The van der Waals surface area contributed by atoms with Crippen LogP contribution in [-0.2, 0) is 9.45 Å². The lowest BCUT2D eigenvalue weighted by Gasteiger charge is -2.13. The van der Waals surface area contributed by atoms with E-state index in [0.717, 1.165) is 5.56 Å². The molecule has 0 aliphatic rings. The summed E-state index contributed by atoms with van der Waals surface area (Å²) >= 11 is 0. The van der Waals surface area contributed by atoms with Gasteiger partial charge in [-0.05, 0) is 37.1 Å². The summed E-state index contributed by atoms with van der Waals surface area (Å²) in [5.74, 6) is -0.187. The Balaban J connectivity index is 2.38. The van der Waals surface area contributed by atoms with Crippen LogP contribution in [0.1, 0.15) is 30.9 Å². The minimum atomic E-state index is -0.827. The van der Waals surface area contributed by atoms with Crippen molar-refractivity contribution in [1.82, 2.24) is 5.23 Å². The number of benzene rings is 1. The molecule has 1 aromatic carbocycles. The Kier molecular flexibility index (Phi) is 8.50. The molecule has 116 valence electrons. The van der Waals surface area contributed by atoms with Crippen LogP contribution in [0.4, 0.5) is 0 Å². The molecule has 0 spiro atoms. The van der Waals surface area contributed by atoms with Crippen molar-refractivity contribution in [2.45, 2.75) is 25.4 Å². The molecule has 1 unspecified atom stereocenters. The summed E-state index contributed by atoms with van der Waals surface area (Å²) in [7, 11) is 2.06. The quantitative estimate of drug-likeness (QED) is 0.414. The van der Waals surface area contributed by atoms with Crippen LogP contribution >= 0.6 is 0 Å². The molecule has 1 atom stereocenters. The summed E-state index contributed by atoms with van der Waals surface area (Å²) in [6.07, 6.45) is 0.555. The molecule has 0 bridgehead atoms. The Bertz CT molecular complexity index is 430. The summed E-state index contributed by atoms with van der Waals surface area (Å²) in [4.78, 5) is 10.4. The van der Waals surface area contributed by atoms with E-state index in [1.807, 2.05) is 12.1 Å². The molecular weight excluding hydrogens is 273 g/mol. The van der Waals surface area contributed by atoms with Crippen LogP contribution in [0.2, 0.25) is 0 Å². The van der Waals surface area contributed by atoms with E-state index in [9.17, 15) is 9.90 Å². The summed E-state index contributed by atoms with van der Waals surface area (Å²) in [6.45, 7) is 1.000. The highest BCUT2D eigenvalue weighted by Gasteiger charge is 2.08. The van der Waals surface area contributed by atoms with Gasteiger partial charge in [-0.1, -0.05) is 12.1 Å². The highest BCUT2D eigenvalue weighted by atomic mass is 16.5. The van der Waals surface area contributed by atoms with Crippen molar-refractivity contribution in [3.05, 3.63) is 29.8 Å².